The molecule has 0 saturated carbocycles. The summed E-state index contributed by atoms with van der Waals surface area (Å²) in [6.07, 6.45) is 0.796. The van der Waals surface area contributed by atoms with Crippen molar-refractivity contribution in [2.24, 2.45) is 7.05 Å². The van der Waals surface area contributed by atoms with E-state index in [4.69, 9.17) is 5.11 Å². The van der Waals surface area contributed by atoms with Gasteiger partial charge in [-0.05, 0) is 13.3 Å². The molecule has 6 nitrogen and oxygen atoms in total. The van der Waals surface area contributed by atoms with Crippen LogP contribution < -0.4 is 0 Å². The Balaban J connectivity index is 2.54. The number of rotatable bonds is 6. The molecular formula is C13H18N4O2S. The van der Waals surface area contributed by atoms with Gasteiger partial charge in [0.1, 0.15) is 5.52 Å². The number of carboxylic acids is 1. The van der Waals surface area contributed by atoms with Crippen molar-refractivity contribution in [3.8, 4) is 0 Å². The molecule has 0 radical (unpaired) electrons. The van der Waals surface area contributed by atoms with Gasteiger partial charge in [-0.25, -0.2) is 4.98 Å². The molecule has 0 spiro atoms. The molecule has 0 amide bonds. The van der Waals surface area contributed by atoms with E-state index in [9.17, 15) is 4.79 Å². The number of hydrogen-bond donors (Lipinski definition) is 1. The van der Waals surface area contributed by atoms with Crippen LogP contribution >= 0.6 is 11.8 Å². The van der Waals surface area contributed by atoms with Crippen LogP contribution in [0.5, 0.6) is 0 Å². The van der Waals surface area contributed by atoms with E-state index in [0.29, 0.717) is 11.7 Å². The number of aromatic nitrogens is 4. The zero-order valence-corrected chi connectivity index (χ0v) is 12.7. The Hall–Kier alpha value is -1.76. The number of carboxylic acid groups (broad SMARTS) is 1. The van der Waals surface area contributed by atoms with Gasteiger partial charge in [0.15, 0.2) is 10.8 Å². The maximum Gasteiger partial charge on any atom is 0.313 e. The SMILES string of the molecule is C=C(C)Cn1c(SCC(=O)O)nc2c(CC)nn(C)c21. The standard InChI is InChI=1S/C13H18N4O2S/c1-5-9-11-12(16(4)15-9)17(6-8(2)3)13(14-11)20-7-10(18)19/h2,5-7H2,1,3-4H3,(H,18,19). The lowest BCUT2D eigenvalue weighted by Crippen LogP contribution is -2.07. The first-order valence-electron chi connectivity index (χ1n) is 6.35. The number of aliphatic carboxylic acids is 1. The maximum atomic E-state index is 10.8. The van der Waals surface area contributed by atoms with E-state index >= 15 is 0 Å². The molecule has 0 fully saturated rings. The molecule has 0 unspecified atom stereocenters. The fourth-order valence-electron chi connectivity index (χ4n) is 2.11. The van der Waals surface area contributed by atoms with E-state index in [1.165, 1.54) is 11.8 Å². The number of imidazole rings is 1. The van der Waals surface area contributed by atoms with Crippen LogP contribution in [0.2, 0.25) is 0 Å². The van der Waals surface area contributed by atoms with Gasteiger partial charge in [0.25, 0.3) is 0 Å². The number of aryl methyl sites for hydroxylation is 2. The molecule has 7 heteroatoms. The summed E-state index contributed by atoms with van der Waals surface area (Å²) < 4.78 is 3.78. The molecule has 20 heavy (non-hydrogen) atoms. The van der Waals surface area contributed by atoms with Crippen molar-refractivity contribution in [1.82, 2.24) is 19.3 Å². The Bertz CT molecular complexity index is 672. The van der Waals surface area contributed by atoms with E-state index < -0.39 is 5.97 Å². The highest BCUT2D eigenvalue weighted by Gasteiger charge is 2.19. The molecule has 2 aromatic rings. The lowest BCUT2D eigenvalue weighted by molar-refractivity contribution is -0.133. The second kappa shape index (κ2) is 5.70. The molecule has 2 rings (SSSR count). The highest BCUT2D eigenvalue weighted by molar-refractivity contribution is 7.99. The number of fused-ring (bicyclic) bond motifs is 1. The topological polar surface area (TPSA) is 72.9 Å². The monoisotopic (exact) mass is 294 g/mol. The van der Waals surface area contributed by atoms with Gasteiger partial charge in [0.2, 0.25) is 0 Å². The van der Waals surface area contributed by atoms with Crippen LogP contribution in [-0.4, -0.2) is 36.2 Å². The van der Waals surface area contributed by atoms with Crippen molar-refractivity contribution in [1.29, 1.82) is 0 Å². The van der Waals surface area contributed by atoms with Crippen molar-refractivity contribution < 1.29 is 9.90 Å². The number of allylic oxidation sites excluding steroid dienone is 1. The first kappa shape index (κ1) is 14.6. The zero-order valence-electron chi connectivity index (χ0n) is 11.9. The van der Waals surface area contributed by atoms with Crippen LogP contribution in [0.25, 0.3) is 11.2 Å². The fourth-order valence-corrected chi connectivity index (χ4v) is 2.82. The minimum absolute atomic E-state index is 0.00556. The molecule has 0 aromatic carbocycles. The molecule has 0 atom stereocenters. The Morgan fingerprint density at radius 1 is 1.50 bits per heavy atom. The lowest BCUT2D eigenvalue weighted by atomic mass is 10.3. The van der Waals surface area contributed by atoms with Crippen LogP contribution in [-0.2, 0) is 24.8 Å². The summed E-state index contributed by atoms with van der Waals surface area (Å²) in [4.78, 5) is 15.3. The van der Waals surface area contributed by atoms with E-state index in [2.05, 4.69) is 16.7 Å². The lowest BCUT2D eigenvalue weighted by Gasteiger charge is -2.08. The van der Waals surface area contributed by atoms with Gasteiger partial charge in [-0.1, -0.05) is 30.8 Å². The second-order valence-corrected chi connectivity index (χ2v) is 5.66. The summed E-state index contributed by atoms with van der Waals surface area (Å²) in [5.41, 5.74) is 3.68. The van der Waals surface area contributed by atoms with Crippen molar-refractivity contribution in [3.05, 3.63) is 17.8 Å². The Morgan fingerprint density at radius 2 is 2.20 bits per heavy atom. The summed E-state index contributed by atoms with van der Waals surface area (Å²) in [6.45, 7) is 8.51. The van der Waals surface area contributed by atoms with E-state index in [0.717, 1.165) is 28.9 Å². The Morgan fingerprint density at radius 3 is 2.75 bits per heavy atom. The number of carbonyl (C=O) groups is 1. The summed E-state index contributed by atoms with van der Waals surface area (Å²) in [6, 6.07) is 0. The molecule has 1 N–H and O–H groups in total. The maximum absolute atomic E-state index is 10.8. The molecule has 0 bridgehead atoms. The summed E-state index contributed by atoms with van der Waals surface area (Å²) in [5.74, 6) is -0.855. The molecule has 2 heterocycles. The number of hydrogen-bond acceptors (Lipinski definition) is 4. The van der Waals surface area contributed by atoms with Crippen LogP contribution in [0.1, 0.15) is 19.5 Å². The van der Waals surface area contributed by atoms with Crippen molar-refractivity contribution in [3.63, 3.8) is 0 Å². The summed E-state index contributed by atoms with van der Waals surface area (Å²) in [7, 11) is 1.88. The Kier molecular flexibility index (Phi) is 4.17. The normalized spacial score (nSPS) is 11.2. The molecule has 2 aromatic heterocycles. The minimum atomic E-state index is -0.849. The minimum Gasteiger partial charge on any atom is -0.481 e. The van der Waals surface area contributed by atoms with E-state index in [1.807, 2.05) is 25.5 Å². The molecule has 0 aliphatic heterocycles. The van der Waals surface area contributed by atoms with Gasteiger partial charge in [-0.2, -0.15) is 5.10 Å². The molecular weight excluding hydrogens is 276 g/mol. The van der Waals surface area contributed by atoms with Crippen LogP contribution in [0, 0.1) is 0 Å². The highest BCUT2D eigenvalue weighted by atomic mass is 32.2. The van der Waals surface area contributed by atoms with E-state index in [1.54, 1.807) is 4.68 Å². The van der Waals surface area contributed by atoms with E-state index in [-0.39, 0.29) is 5.75 Å². The van der Waals surface area contributed by atoms with Gasteiger partial charge in [-0.3, -0.25) is 14.0 Å². The zero-order chi connectivity index (χ0) is 14.9. The predicted molar refractivity (Wildman–Crippen MR) is 79.1 cm³/mol. The quantitative estimate of drug-likeness (QED) is 0.652. The van der Waals surface area contributed by atoms with Crippen molar-refractivity contribution >= 4 is 28.9 Å². The highest BCUT2D eigenvalue weighted by Crippen LogP contribution is 2.27. The van der Waals surface area contributed by atoms with Crippen LogP contribution in [0.4, 0.5) is 0 Å². The largest absolute Gasteiger partial charge is 0.481 e. The van der Waals surface area contributed by atoms with Gasteiger partial charge >= 0.3 is 5.97 Å². The average molecular weight is 294 g/mol. The van der Waals surface area contributed by atoms with Crippen molar-refractivity contribution in [2.75, 3.05) is 5.75 Å². The van der Waals surface area contributed by atoms with Gasteiger partial charge < -0.3 is 5.11 Å². The first-order valence-corrected chi connectivity index (χ1v) is 7.33. The third-order valence-corrected chi connectivity index (χ3v) is 3.81. The first-order chi connectivity index (χ1) is 9.43. The molecule has 0 aliphatic rings. The third kappa shape index (κ3) is 2.72. The number of thioether (sulfide) groups is 1. The third-order valence-electron chi connectivity index (χ3n) is 2.84. The van der Waals surface area contributed by atoms with Crippen LogP contribution in [0.3, 0.4) is 0 Å². The molecule has 108 valence electrons. The Labute approximate surface area is 121 Å². The van der Waals surface area contributed by atoms with Gasteiger partial charge in [0.05, 0.1) is 11.4 Å². The molecule has 0 aliphatic carbocycles. The van der Waals surface area contributed by atoms with Crippen molar-refractivity contribution in [2.45, 2.75) is 32.0 Å². The fraction of sp³-hybridized carbons (Fsp3) is 0.462. The van der Waals surface area contributed by atoms with Gasteiger partial charge in [0, 0.05) is 13.6 Å². The summed E-state index contributed by atoms with van der Waals surface area (Å²) in [5, 5.41) is 14.0. The van der Waals surface area contributed by atoms with Gasteiger partial charge in [-0.15, -0.1) is 0 Å². The predicted octanol–water partition coefficient (Wildman–Crippen LogP) is 2.08. The smallest absolute Gasteiger partial charge is 0.313 e. The summed E-state index contributed by atoms with van der Waals surface area (Å²) >= 11 is 1.23. The average Bonchev–Trinajstić information content (AvgIpc) is 2.85. The molecule has 0 saturated heterocycles. The number of nitrogens with zero attached hydrogens (tertiary/aromatic N) is 4. The van der Waals surface area contributed by atoms with Crippen LogP contribution in [0.15, 0.2) is 17.3 Å². The second-order valence-electron chi connectivity index (χ2n) is 4.72.